The van der Waals surface area contributed by atoms with Crippen LogP contribution in [0.15, 0.2) is 42.5 Å². The van der Waals surface area contributed by atoms with E-state index in [0.717, 1.165) is 48.9 Å². The summed E-state index contributed by atoms with van der Waals surface area (Å²) >= 11 is 0. The van der Waals surface area contributed by atoms with Gasteiger partial charge in [0.15, 0.2) is 0 Å². The molecule has 156 valence electrons. The summed E-state index contributed by atoms with van der Waals surface area (Å²) in [5.41, 5.74) is 3.32. The summed E-state index contributed by atoms with van der Waals surface area (Å²) in [7, 11) is 1.45. The molecule has 1 heterocycles. The van der Waals surface area contributed by atoms with Crippen LogP contribution in [0.25, 0.3) is 0 Å². The molecule has 0 saturated carbocycles. The van der Waals surface area contributed by atoms with Gasteiger partial charge in [-0.15, -0.1) is 0 Å². The second kappa shape index (κ2) is 8.36. The van der Waals surface area contributed by atoms with Crippen LogP contribution in [-0.4, -0.2) is 25.9 Å². The van der Waals surface area contributed by atoms with Crippen LogP contribution in [0.4, 0.5) is 13.2 Å². The van der Waals surface area contributed by atoms with E-state index in [4.69, 9.17) is 4.74 Å². The number of hydrogen-bond acceptors (Lipinski definition) is 3. The number of hydrogen-bond donors (Lipinski definition) is 2. The number of fused-ring (bicyclic) bond motifs is 1. The van der Waals surface area contributed by atoms with E-state index in [1.807, 2.05) is 30.3 Å². The maximum absolute atomic E-state index is 14.2. The van der Waals surface area contributed by atoms with Gasteiger partial charge in [-0.05, 0) is 67.5 Å². The molecule has 1 saturated heterocycles. The predicted octanol–water partition coefficient (Wildman–Crippen LogP) is 4.87. The molecule has 3 atom stereocenters. The lowest BCUT2D eigenvalue weighted by Gasteiger charge is -2.37. The van der Waals surface area contributed by atoms with E-state index < -0.39 is 12.2 Å². The minimum Gasteiger partial charge on any atom is -0.496 e. The Morgan fingerprint density at radius 3 is 2.48 bits per heavy atom. The van der Waals surface area contributed by atoms with E-state index in [1.165, 1.54) is 7.11 Å². The SMILES string of the molecule is COc1cc2c(cc1C(N[C@H]1CCCN[C@H]1c1ccccc1)C(F)(F)F)CCC2. The number of piperidine rings is 1. The predicted molar refractivity (Wildman–Crippen MR) is 107 cm³/mol. The first-order valence-electron chi connectivity index (χ1n) is 10.3. The van der Waals surface area contributed by atoms with E-state index >= 15 is 0 Å². The van der Waals surface area contributed by atoms with Crippen molar-refractivity contribution in [1.82, 2.24) is 10.6 Å². The summed E-state index contributed by atoms with van der Waals surface area (Å²) < 4.78 is 48.1. The molecule has 1 unspecified atom stereocenters. The van der Waals surface area contributed by atoms with Crippen LogP contribution in [0.2, 0.25) is 0 Å². The lowest BCUT2D eigenvalue weighted by atomic mass is 9.90. The van der Waals surface area contributed by atoms with E-state index in [2.05, 4.69) is 10.6 Å². The Balaban J connectivity index is 1.68. The van der Waals surface area contributed by atoms with Gasteiger partial charge in [-0.2, -0.15) is 13.2 Å². The number of alkyl halides is 3. The standard InChI is InChI=1S/C23H27F3N2O/c1-29-20-14-17-10-5-9-16(17)13-18(20)22(23(24,25)26)28-19-11-6-12-27-21(19)15-7-3-2-4-8-15/h2-4,7-8,13-14,19,21-22,27-28H,5-6,9-12H2,1H3/t19-,21-,22?/m0/s1. The summed E-state index contributed by atoms with van der Waals surface area (Å²) in [5, 5.41) is 6.36. The lowest BCUT2D eigenvalue weighted by Crippen LogP contribution is -2.50. The second-order valence-electron chi connectivity index (χ2n) is 7.95. The molecule has 29 heavy (non-hydrogen) atoms. The maximum Gasteiger partial charge on any atom is 0.408 e. The topological polar surface area (TPSA) is 33.3 Å². The number of benzene rings is 2. The monoisotopic (exact) mass is 404 g/mol. The Kier molecular flexibility index (Phi) is 5.83. The Bertz CT molecular complexity index is 838. The molecule has 2 aromatic rings. The lowest BCUT2D eigenvalue weighted by molar-refractivity contribution is -0.161. The van der Waals surface area contributed by atoms with Crippen LogP contribution in [0.5, 0.6) is 5.75 Å². The van der Waals surface area contributed by atoms with Crippen molar-refractivity contribution in [3.63, 3.8) is 0 Å². The summed E-state index contributed by atoms with van der Waals surface area (Å²) in [6.45, 7) is 0.802. The Hall–Kier alpha value is -2.05. The second-order valence-corrected chi connectivity index (χ2v) is 7.95. The molecule has 2 N–H and O–H groups in total. The third-order valence-electron chi connectivity index (χ3n) is 6.08. The fourth-order valence-corrected chi connectivity index (χ4v) is 4.68. The summed E-state index contributed by atoms with van der Waals surface area (Å²) in [6, 6.07) is 11.0. The number of methoxy groups -OCH3 is 1. The first-order chi connectivity index (χ1) is 14.0. The molecule has 0 bridgehead atoms. The van der Waals surface area contributed by atoms with Gasteiger partial charge >= 0.3 is 6.18 Å². The molecule has 1 aliphatic heterocycles. The van der Waals surface area contributed by atoms with E-state index in [-0.39, 0.29) is 17.6 Å². The fourth-order valence-electron chi connectivity index (χ4n) is 4.68. The molecule has 0 radical (unpaired) electrons. The van der Waals surface area contributed by atoms with Crippen LogP contribution in [0.3, 0.4) is 0 Å². The molecule has 1 aliphatic carbocycles. The molecule has 2 aliphatic rings. The van der Waals surface area contributed by atoms with E-state index in [9.17, 15) is 13.2 Å². The third-order valence-corrected chi connectivity index (χ3v) is 6.08. The van der Waals surface area contributed by atoms with Gasteiger partial charge in [0, 0.05) is 17.6 Å². The van der Waals surface area contributed by atoms with Crippen LogP contribution < -0.4 is 15.4 Å². The minimum atomic E-state index is -4.42. The molecule has 0 spiro atoms. The Morgan fingerprint density at radius 1 is 1.07 bits per heavy atom. The van der Waals surface area contributed by atoms with E-state index in [0.29, 0.717) is 12.2 Å². The summed E-state index contributed by atoms with van der Waals surface area (Å²) in [6.07, 6.45) is -0.181. The number of ether oxygens (including phenoxy) is 1. The van der Waals surface area contributed by atoms with Gasteiger partial charge in [0.2, 0.25) is 0 Å². The van der Waals surface area contributed by atoms with Crippen molar-refractivity contribution < 1.29 is 17.9 Å². The van der Waals surface area contributed by atoms with Gasteiger partial charge in [-0.3, -0.25) is 5.32 Å². The van der Waals surface area contributed by atoms with E-state index in [1.54, 1.807) is 12.1 Å². The zero-order valence-corrected chi connectivity index (χ0v) is 16.6. The first-order valence-corrected chi connectivity index (χ1v) is 10.3. The molecule has 6 heteroatoms. The van der Waals surface area contributed by atoms with Crippen molar-refractivity contribution >= 4 is 0 Å². The fraction of sp³-hybridized carbons (Fsp3) is 0.478. The molecule has 4 rings (SSSR count). The van der Waals surface area contributed by atoms with Gasteiger partial charge in [0.05, 0.1) is 7.11 Å². The average molecular weight is 404 g/mol. The zero-order valence-electron chi connectivity index (χ0n) is 16.6. The number of halogens is 3. The largest absolute Gasteiger partial charge is 0.496 e. The maximum atomic E-state index is 14.2. The third kappa shape index (κ3) is 4.28. The smallest absolute Gasteiger partial charge is 0.408 e. The van der Waals surface area contributed by atoms with Crippen molar-refractivity contribution in [3.05, 3.63) is 64.7 Å². The van der Waals surface area contributed by atoms with Crippen molar-refractivity contribution in [2.45, 2.75) is 56.4 Å². The van der Waals surface area contributed by atoms with Crippen molar-refractivity contribution in [2.24, 2.45) is 0 Å². The minimum absolute atomic E-state index is 0.157. The molecule has 1 fully saturated rings. The Labute approximate surface area is 169 Å². The highest BCUT2D eigenvalue weighted by Gasteiger charge is 2.45. The first kappa shape index (κ1) is 20.2. The van der Waals surface area contributed by atoms with Crippen LogP contribution in [0, 0.1) is 0 Å². The molecule has 0 aromatic heterocycles. The molecule has 2 aromatic carbocycles. The molecule has 0 amide bonds. The number of nitrogens with one attached hydrogen (secondary N) is 2. The van der Waals surface area contributed by atoms with Crippen LogP contribution >= 0.6 is 0 Å². The van der Waals surface area contributed by atoms with Crippen molar-refractivity contribution in [3.8, 4) is 5.75 Å². The normalized spacial score (nSPS) is 22.9. The van der Waals surface area contributed by atoms with Crippen LogP contribution in [-0.2, 0) is 12.8 Å². The molecular formula is C23H27F3N2O. The summed E-state index contributed by atoms with van der Waals surface area (Å²) in [5.74, 6) is 0.320. The van der Waals surface area contributed by atoms with Gasteiger partial charge in [0.25, 0.3) is 0 Å². The highest BCUT2D eigenvalue weighted by Crippen LogP contribution is 2.41. The Morgan fingerprint density at radius 2 is 1.79 bits per heavy atom. The van der Waals surface area contributed by atoms with Gasteiger partial charge in [-0.1, -0.05) is 30.3 Å². The van der Waals surface area contributed by atoms with Crippen molar-refractivity contribution in [1.29, 1.82) is 0 Å². The van der Waals surface area contributed by atoms with Crippen molar-refractivity contribution in [2.75, 3.05) is 13.7 Å². The zero-order chi connectivity index (χ0) is 20.4. The number of rotatable bonds is 5. The summed E-state index contributed by atoms with van der Waals surface area (Å²) in [4.78, 5) is 0. The molecule has 3 nitrogen and oxygen atoms in total. The van der Waals surface area contributed by atoms with Gasteiger partial charge in [-0.25, -0.2) is 0 Å². The quantitative estimate of drug-likeness (QED) is 0.746. The van der Waals surface area contributed by atoms with Gasteiger partial charge in [0.1, 0.15) is 11.8 Å². The highest BCUT2D eigenvalue weighted by atomic mass is 19.4. The highest BCUT2D eigenvalue weighted by molar-refractivity contribution is 5.47. The molecular weight excluding hydrogens is 377 g/mol. The number of aryl methyl sites for hydroxylation is 2. The average Bonchev–Trinajstić information content (AvgIpc) is 3.18. The van der Waals surface area contributed by atoms with Gasteiger partial charge < -0.3 is 10.1 Å². The van der Waals surface area contributed by atoms with Crippen LogP contribution in [0.1, 0.15) is 53.6 Å².